The molecular formula is C18H26Cl2N2O2S2. The van der Waals surface area contributed by atoms with Crippen LogP contribution in [0.25, 0.3) is 0 Å². The summed E-state index contributed by atoms with van der Waals surface area (Å²) in [5, 5.41) is 0.694. The quantitative estimate of drug-likeness (QED) is 0.705. The van der Waals surface area contributed by atoms with Crippen LogP contribution in [-0.4, -0.2) is 61.3 Å². The van der Waals surface area contributed by atoms with Crippen molar-refractivity contribution < 1.29 is 8.42 Å². The maximum atomic E-state index is 13.4. The first-order valence-electron chi connectivity index (χ1n) is 9.17. The van der Waals surface area contributed by atoms with Crippen molar-refractivity contribution in [2.24, 2.45) is 0 Å². The molecule has 26 heavy (non-hydrogen) atoms. The zero-order valence-corrected chi connectivity index (χ0v) is 18.2. The second-order valence-corrected chi connectivity index (χ2v) is 10.9. The molecule has 2 saturated heterocycles. The molecule has 1 atom stereocenters. The van der Waals surface area contributed by atoms with Gasteiger partial charge in [-0.3, -0.25) is 0 Å². The van der Waals surface area contributed by atoms with Crippen LogP contribution in [0.4, 0.5) is 0 Å². The maximum Gasteiger partial charge on any atom is 0.244 e. The molecule has 1 aromatic carbocycles. The molecule has 0 aliphatic carbocycles. The van der Waals surface area contributed by atoms with Crippen LogP contribution >= 0.6 is 35.0 Å². The van der Waals surface area contributed by atoms with Crippen LogP contribution in [0, 0.1) is 6.92 Å². The zero-order valence-electron chi connectivity index (χ0n) is 15.1. The van der Waals surface area contributed by atoms with E-state index in [1.54, 1.807) is 17.3 Å². The monoisotopic (exact) mass is 436 g/mol. The van der Waals surface area contributed by atoms with Gasteiger partial charge in [0, 0.05) is 29.9 Å². The van der Waals surface area contributed by atoms with Gasteiger partial charge in [-0.25, -0.2) is 8.42 Å². The Morgan fingerprint density at radius 2 is 1.81 bits per heavy atom. The molecule has 2 aliphatic rings. The van der Waals surface area contributed by atoms with Gasteiger partial charge in [0.05, 0.1) is 5.02 Å². The minimum atomic E-state index is -3.65. The van der Waals surface area contributed by atoms with E-state index in [1.165, 1.54) is 25.3 Å². The maximum absolute atomic E-state index is 13.4. The van der Waals surface area contributed by atoms with Crippen LogP contribution in [0.2, 0.25) is 10.0 Å². The molecule has 2 heterocycles. The molecule has 2 fully saturated rings. The summed E-state index contributed by atoms with van der Waals surface area (Å²) < 4.78 is 28.6. The molecule has 0 N–H and O–H groups in total. The third-order valence-corrected chi connectivity index (χ3v) is 9.12. The molecule has 0 spiro atoms. The highest BCUT2D eigenvalue weighted by atomic mass is 35.5. The summed E-state index contributed by atoms with van der Waals surface area (Å²) in [5.74, 6) is 1.83. The molecule has 0 aromatic heterocycles. The van der Waals surface area contributed by atoms with Crippen molar-refractivity contribution in [3.05, 3.63) is 27.7 Å². The van der Waals surface area contributed by atoms with E-state index in [4.69, 9.17) is 23.2 Å². The van der Waals surface area contributed by atoms with Gasteiger partial charge in [0.25, 0.3) is 0 Å². The molecule has 1 aromatic rings. The normalized spacial score (nSPS) is 23.7. The van der Waals surface area contributed by atoms with Crippen molar-refractivity contribution in [3.63, 3.8) is 0 Å². The smallest absolute Gasteiger partial charge is 0.244 e. The van der Waals surface area contributed by atoms with E-state index < -0.39 is 10.0 Å². The third-order valence-electron chi connectivity index (χ3n) is 5.10. The van der Waals surface area contributed by atoms with Crippen molar-refractivity contribution >= 4 is 45.0 Å². The van der Waals surface area contributed by atoms with E-state index >= 15 is 0 Å². The highest BCUT2D eigenvalue weighted by molar-refractivity contribution is 7.99. The first-order chi connectivity index (χ1) is 12.4. The molecule has 0 saturated carbocycles. The summed E-state index contributed by atoms with van der Waals surface area (Å²) in [6, 6.07) is 3.13. The molecular weight excluding hydrogens is 411 g/mol. The van der Waals surface area contributed by atoms with Crippen LogP contribution in [0.15, 0.2) is 17.0 Å². The van der Waals surface area contributed by atoms with Gasteiger partial charge in [-0.2, -0.15) is 16.1 Å². The third kappa shape index (κ3) is 4.70. The van der Waals surface area contributed by atoms with Gasteiger partial charge in [0.2, 0.25) is 10.0 Å². The van der Waals surface area contributed by atoms with Crippen molar-refractivity contribution in [1.82, 2.24) is 9.21 Å². The Bertz CT molecular complexity index is 737. The van der Waals surface area contributed by atoms with Gasteiger partial charge in [-0.05, 0) is 62.7 Å². The predicted molar refractivity (Wildman–Crippen MR) is 111 cm³/mol. The Morgan fingerprint density at radius 3 is 2.54 bits per heavy atom. The lowest BCUT2D eigenvalue weighted by molar-refractivity contribution is 0.183. The number of likely N-dealkylation sites (tertiary alicyclic amines) is 1. The zero-order chi connectivity index (χ0) is 18.7. The lowest BCUT2D eigenvalue weighted by Gasteiger charge is -2.35. The van der Waals surface area contributed by atoms with Crippen LogP contribution in [0.1, 0.15) is 31.2 Å². The van der Waals surface area contributed by atoms with Crippen LogP contribution in [0.5, 0.6) is 0 Å². The standard InChI is InChI=1S/C18H26Cl2N2O2S2/c1-14-10-18(17(20)11-16(14)19)26(23,24)22-8-5-9-25-13-15(22)12-21-6-3-2-4-7-21/h10-11,15H,2-9,12-13H2,1H3. The molecule has 8 heteroatoms. The Hall–Kier alpha value is 0.0200. The summed E-state index contributed by atoms with van der Waals surface area (Å²) in [6.45, 7) is 5.29. The van der Waals surface area contributed by atoms with E-state index in [9.17, 15) is 8.42 Å². The first-order valence-corrected chi connectivity index (χ1v) is 12.5. The molecule has 4 nitrogen and oxygen atoms in total. The highest BCUT2D eigenvalue weighted by Gasteiger charge is 2.35. The van der Waals surface area contributed by atoms with Gasteiger partial charge in [-0.1, -0.05) is 29.6 Å². The number of hydrogen-bond acceptors (Lipinski definition) is 4. The number of nitrogens with zero attached hydrogens (tertiary/aromatic N) is 2. The molecule has 0 radical (unpaired) electrons. The number of aryl methyl sites for hydroxylation is 1. The van der Waals surface area contributed by atoms with E-state index in [-0.39, 0.29) is 16.0 Å². The van der Waals surface area contributed by atoms with E-state index in [2.05, 4.69) is 4.90 Å². The minimum Gasteiger partial charge on any atom is -0.302 e. The number of hydrogen-bond donors (Lipinski definition) is 0. The van der Waals surface area contributed by atoms with Gasteiger partial charge in [0.1, 0.15) is 4.90 Å². The molecule has 2 aliphatic heterocycles. The van der Waals surface area contributed by atoms with Crippen molar-refractivity contribution in [1.29, 1.82) is 0 Å². The van der Waals surface area contributed by atoms with E-state index in [0.717, 1.165) is 43.1 Å². The Balaban J connectivity index is 1.90. The molecule has 146 valence electrons. The number of halogens is 2. The fourth-order valence-corrected chi connectivity index (χ4v) is 7.28. The van der Waals surface area contributed by atoms with Crippen LogP contribution in [0.3, 0.4) is 0 Å². The fourth-order valence-electron chi connectivity index (χ4n) is 3.66. The number of rotatable bonds is 4. The van der Waals surface area contributed by atoms with Crippen molar-refractivity contribution in [3.8, 4) is 0 Å². The molecule has 1 unspecified atom stereocenters. The topological polar surface area (TPSA) is 40.6 Å². The Labute approximate surface area is 171 Å². The van der Waals surface area contributed by atoms with E-state index in [0.29, 0.717) is 11.6 Å². The largest absolute Gasteiger partial charge is 0.302 e. The molecule has 0 bridgehead atoms. The van der Waals surface area contributed by atoms with Gasteiger partial charge >= 0.3 is 0 Å². The van der Waals surface area contributed by atoms with Crippen LogP contribution in [-0.2, 0) is 10.0 Å². The summed E-state index contributed by atoms with van der Waals surface area (Å²) in [6.07, 6.45) is 4.55. The number of benzene rings is 1. The average Bonchev–Trinajstić information content (AvgIpc) is 2.85. The van der Waals surface area contributed by atoms with Crippen molar-refractivity contribution in [2.75, 3.05) is 37.7 Å². The average molecular weight is 437 g/mol. The minimum absolute atomic E-state index is 0.0161. The van der Waals surface area contributed by atoms with E-state index in [1.807, 2.05) is 11.8 Å². The van der Waals surface area contributed by atoms with Crippen LogP contribution < -0.4 is 0 Å². The van der Waals surface area contributed by atoms with Gasteiger partial charge < -0.3 is 4.90 Å². The summed E-state index contributed by atoms with van der Waals surface area (Å²) in [5.41, 5.74) is 0.728. The van der Waals surface area contributed by atoms with Crippen molar-refractivity contribution in [2.45, 2.75) is 43.5 Å². The van der Waals surface area contributed by atoms with Gasteiger partial charge in [-0.15, -0.1) is 0 Å². The summed E-state index contributed by atoms with van der Waals surface area (Å²) in [7, 11) is -3.65. The molecule has 3 rings (SSSR count). The molecule has 0 amide bonds. The second kappa shape index (κ2) is 9.01. The number of sulfonamides is 1. The summed E-state index contributed by atoms with van der Waals surface area (Å²) in [4.78, 5) is 2.59. The Morgan fingerprint density at radius 1 is 1.08 bits per heavy atom. The highest BCUT2D eigenvalue weighted by Crippen LogP contribution is 2.32. The SMILES string of the molecule is Cc1cc(S(=O)(=O)N2CCCSCC2CN2CCCCC2)c(Cl)cc1Cl. The first kappa shape index (κ1) is 20.7. The lowest BCUT2D eigenvalue weighted by atomic mass is 10.1. The number of thioether (sulfide) groups is 1. The summed E-state index contributed by atoms with van der Waals surface area (Å²) >= 11 is 14.2. The fraction of sp³-hybridized carbons (Fsp3) is 0.667. The van der Waals surface area contributed by atoms with Gasteiger partial charge in [0.15, 0.2) is 0 Å². The number of piperidine rings is 1. The Kier molecular flexibility index (Phi) is 7.19. The predicted octanol–water partition coefficient (Wildman–Crippen LogP) is 4.28. The second-order valence-electron chi connectivity index (χ2n) is 7.09. The lowest BCUT2D eigenvalue weighted by Crippen LogP contribution is -2.49.